The van der Waals surface area contributed by atoms with Crippen molar-refractivity contribution in [1.29, 1.82) is 0 Å². The summed E-state index contributed by atoms with van der Waals surface area (Å²) in [6, 6.07) is 7.03. The third-order valence-corrected chi connectivity index (χ3v) is 3.58. The summed E-state index contributed by atoms with van der Waals surface area (Å²) in [6.45, 7) is 0. The van der Waals surface area contributed by atoms with Crippen molar-refractivity contribution in [2.24, 2.45) is 0 Å². The van der Waals surface area contributed by atoms with E-state index >= 15 is 0 Å². The maximum absolute atomic E-state index is 6.10. The second-order valence-corrected chi connectivity index (χ2v) is 4.96. The zero-order valence-corrected chi connectivity index (χ0v) is 12.5. The lowest BCUT2D eigenvalue weighted by Crippen LogP contribution is -1.96. The number of hydrogen-bond donors (Lipinski definition) is 2. The van der Waals surface area contributed by atoms with Crippen LogP contribution in [0.2, 0.25) is 10.0 Å². The van der Waals surface area contributed by atoms with E-state index in [1.54, 1.807) is 24.3 Å². The average Bonchev–Trinajstić information content (AvgIpc) is 2.44. The number of ether oxygens (including phenoxy) is 2. The Morgan fingerprint density at radius 1 is 0.750 bits per heavy atom. The van der Waals surface area contributed by atoms with Crippen molar-refractivity contribution in [3.63, 3.8) is 0 Å². The maximum atomic E-state index is 6.10. The van der Waals surface area contributed by atoms with Gasteiger partial charge in [0.05, 0.1) is 35.6 Å². The van der Waals surface area contributed by atoms with Gasteiger partial charge in [-0.05, 0) is 35.4 Å². The Morgan fingerprint density at radius 2 is 1.10 bits per heavy atom. The van der Waals surface area contributed by atoms with Crippen LogP contribution in [0.4, 0.5) is 11.4 Å². The fraction of sp³-hybridized carbons (Fsp3) is 0.143. The van der Waals surface area contributed by atoms with Crippen LogP contribution in [0.1, 0.15) is 0 Å². The van der Waals surface area contributed by atoms with Crippen LogP contribution in [0.25, 0.3) is 11.1 Å². The van der Waals surface area contributed by atoms with Crippen molar-refractivity contribution in [2.45, 2.75) is 0 Å². The number of rotatable bonds is 3. The molecule has 0 amide bonds. The normalized spacial score (nSPS) is 10.4. The lowest BCUT2D eigenvalue weighted by molar-refractivity contribution is 0.416. The van der Waals surface area contributed by atoms with Crippen LogP contribution in [-0.2, 0) is 0 Å². The van der Waals surface area contributed by atoms with Gasteiger partial charge in [0.25, 0.3) is 0 Å². The Bertz CT molecular complexity index is 603. The minimum atomic E-state index is 0.395. The van der Waals surface area contributed by atoms with E-state index in [0.29, 0.717) is 32.9 Å². The van der Waals surface area contributed by atoms with Gasteiger partial charge in [-0.25, -0.2) is 0 Å². The molecule has 0 radical (unpaired) electrons. The summed E-state index contributed by atoms with van der Waals surface area (Å²) >= 11 is 12.2. The number of nitrogens with two attached hydrogens (primary N) is 2. The van der Waals surface area contributed by atoms with Gasteiger partial charge in [0.1, 0.15) is 11.5 Å². The smallest absolute Gasteiger partial charge is 0.143 e. The second kappa shape index (κ2) is 5.69. The predicted molar refractivity (Wildman–Crippen MR) is 83.8 cm³/mol. The maximum Gasteiger partial charge on any atom is 0.143 e. The topological polar surface area (TPSA) is 70.5 Å². The highest BCUT2D eigenvalue weighted by Gasteiger charge is 2.12. The van der Waals surface area contributed by atoms with Gasteiger partial charge in [-0.3, -0.25) is 0 Å². The summed E-state index contributed by atoms with van der Waals surface area (Å²) in [6.07, 6.45) is 0. The van der Waals surface area contributed by atoms with E-state index in [1.165, 1.54) is 14.2 Å². The van der Waals surface area contributed by atoms with E-state index in [1.807, 2.05) is 0 Å². The van der Waals surface area contributed by atoms with Gasteiger partial charge in [-0.1, -0.05) is 23.2 Å². The first-order chi connectivity index (χ1) is 9.47. The van der Waals surface area contributed by atoms with Crippen LogP contribution < -0.4 is 20.9 Å². The fourth-order valence-electron chi connectivity index (χ4n) is 1.86. The SMILES string of the molecule is COc1cc(-c2cc(Cl)c(N)c(OC)c2)cc(Cl)c1N. The summed E-state index contributed by atoms with van der Waals surface area (Å²) < 4.78 is 10.4. The van der Waals surface area contributed by atoms with Crippen LogP contribution in [0, 0.1) is 0 Å². The fourth-order valence-corrected chi connectivity index (χ4v) is 2.28. The average molecular weight is 313 g/mol. The summed E-state index contributed by atoms with van der Waals surface area (Å²) in [4.78, 5) is 0. The molecule has 0 bridgehead atoms. The number of hydrogen-bond acceptors (Lipinski definition) is 4. The van der Waals surface area contributed by atoms with Gasteiger partial charge in [0.2, 0.25) is 0 Å². The molecule has 0 fully saturated rings. The molecule has 2 aromatic carbocycles. The van der Waals surface area contributed by atoms with Crippen molar-refractivity contribution < 1.29 is 9.47 Å². The molecule has 0 heterocycles. The molecular weight excluding hydrogens is 299 g/mol. The zero-order chi connectivity index (χ0) is 14.9. The summed E-state index contributed by atoms with van der Waals surface area (Å²) in [7, 11) is 3.06. The minimum absolute atomic E-state index is 0.395. The second-order valence-electron chi connectivity index (χ2n) is 4.15. The Kier molecular flexibility index (Phi) is 4.16. The first kappa shape index (κ1) is 14.6. The van der Waals surface area contributed by atoms with Crippen molar-refractivity contribution in [2.75, 3.05) is 25.7 Å². The first-order valence-electron chi connectivity index (χ1n) is 5.74. The predicted octanol–water partition coefficient (Wildman–Crippen LogP) is 3.84. The van der Waals surface area contributed by atoms with Gasteiger partial charge in [0.15, 0.2) is 0 Å². The Balaban J connectivity index is 2.62. The van der Waals surface area contributed by atoms with Crippen LogP contribution in [0.3, 0.4) is 0 Å². The lowest BCUT2D eigenvalue weighted by Gasteiger charge is -2.12. The molecule has 2 aromatic rings. The molecule has 0 aliphatic carbocycles. The van der Waals surface area contributed by atoms with E-state index < -0.39 is 0 Å². The first-order valence-corrected chi connectivity index (χ1v) is 6.50. The van der Waals surface area contributed by atoms with Crippen LogP contribution in [-0.4, -0.2) is 14.2 Å². The molecule has 0 atom stereocenters. The molecule has 0 aliphatic heterocycles. The summed E-state index contributed by atoms with van der Waals surface area (Å²) in [5.41, 5.74) is 14.0. The van der Waals surface area contributed by atoms with E-state index in [9.17, 15) is 0 Å². The standard InChI is InChI=1S/C14H14Cl2N2O2/c1-19-11-5-7(3-9(15)13(11)17)8-4-10(16)14(18)12(6-8)20-2/h3-6H,17-18H2,1-2H3. The molecular formula is C14H14Cl2N2O2. The van der Waals surface area contributed by atoms with Crippen LogP contribution >= 0.6 is 23.2 Å². The highest BCUT2D eigenvalue weighted by molar-refractivity contribution is 6.34. The summed E-state index contributed by atoms with van der Waals surface area (Å²) in [5, 5.41) is 0.817. The molecule has 6 heteroatoms. The number of anilines is 2. The van der Waals surface area contributed by atoms with E-state index in [-0.39, 0.29) is 0 Å². The molecule has 2 rings (SSSR count). The Hall–Kier alpha value is -1.78. The zero-order valence-electron chi connectivity index (χ0n) is 11.0. The molecule has 4 nitrogen and oxygen atoms in total. The van der Waals surface area contributed by atoms with Gasteiger partial charge >= 0.3 is 0 Å². The van der Waals surface area contributed by atoms with Crippen LogP contribution in [0.15, 0.2) is 24.3 Å². The monoisotopic (exact) mass is 312 g/mol. The molecule has 106 valence electrons. The molecule has 0 spiro atoms. The Morgan fingerprint density at radius 3 is 1.40 bits per heavy atom. The van der Waals surface area contributed by atoms with Crippen molar-refractivity contribution in [3.8, 4) is 22.6 Å². The van der Waals surface area contributed by atoms with Crippen LogP contribution in [0.5, 0.6) is 11.5 Å². The van der Waals surface area contributed by atoms with Crippen molar-refractivity contribution in [3.05, 3.63) is 34.3 Å². The molecule has 0 aromatic heterocycles. The van der Waals surface area contributed by atoms with E-state index in [4.69, 9.17) is 44.1 Å². The highest BCUT2D eigenvalue weighted by Crippen LogP contribution is 2.39. The molecule has 4 N–H and O–H groups in total. The number of halogens is 2. The molecule has 0 saturated carbocycles. The molecule has 20 heavy (non-hydrogen) atoms. The Labute approximate surface area is 127 Å². The largest absolute Gasteiger partial charge is 0.495 e. The third-order valence-electron chi connectivity index (χ3n) is 2.96. The third kappa shape index (κ3) is 2.57. The molecule has 0 unspecified atom stereocenters. The number of methoxy groups -OCH3 is 2. The highest BCUT2D eigenvalue weighted by atomic mass is 35.5. The number of nitrogen functional groups attached to an aromatic ring is 2. The summed E-state index contributed by atoms with van der Waals surface area (Å²) in [5.74, 6) is 0.999. The van der Waals surface area contributed by atoms with Crippen molar-refractivity contribution >= 4 is 34.6 Å². The number of benzene rings is 2. The van der Waals surface area contributed by atoms with E-state index in [2.05, 4.69) is 0 Å². The van der Waals surface area contributed by atoms with Gasteiger partial charge in [0, 0.05) is 0 Å². The minimum Gasteiger partial charge on any atom is -0.495 e. The van der Waals surface area contributed by atoms with E-state index in [0.717, 1.165) is 11.1 Å². The van der Waals surface area contributed by atoms with Gasteiger partial charge < -0.3 is 20.9 Å². The van der Waals surface area contributed by atoms with Gasteiger partial charge in [-0.2, -0.15) is 0 Å². The van der Waals surface area contributed by atoms with Crippen molar-refractivity contribution in [1.82, 2.24) is 0 Å². The molecule has 0 aliphatic rings. The quantitative estimate of drug-likeness (QED) is 0.845. The van der Waals surface area contributed by atoms with Gasteiger partial charge in [-0.15, -0.1) is 0 Å². The molecule has 0 saturated heterocycles. The lowest BCUT2D eigenvalue weighted by atomic mass is 10.0.